The average molecular weight is 375 g/mol. The van der Waals surface area contributed by atoms with Crippen molar-refractivity contribution in [1.29, 1.82) is 0 Å². The first-order chi connectivity index (χ1) is 13.7. The number of imidazole rings is 1. The van der Waals surface area contributed by atoms with Crippen LogP contribution in [0, 0.1) is 6.92 Å². The van der Waals surface area contributed by atoms with Gasteiger partial charge < -0.3 is 14.9 Å². The van der Waals surface area contributed by atoms with Crippen molar-refractivity contribution < 1.29 is 9.15 Å². The first-order valence-corrected chi connectivity index (χ1v) is 9.48. The molecule has 1 aliphatic rings. The highest BCUT2D eigenvalue weighted by molar-refractivity contribution is 5.89. The van der Waals surface area contributed by atoms with Crippen molar-refractivity contribution in [2.24, 2.45) is 0 Å². The van der Waals surface area contributed by atoms with Crippen LogP contribution < -0.4 is 5.73 Å². The summed E-state index contributed by atoms with van der Waals surface area (Å²) in [6, 6.07) is 11.4. The zero-order valence-corrected chi connectivity index (χ0v) is 15.6. The Kier molecular flexibility index (Phi) is 4.09. The van der Waals surface area contributed by atoms with Crippen LogP contribution in [0.15, 0.2) is 47.1 Å². The van der Waals surface area contributed by atoms with Crippen LogP contribution in [0.25, 0.3) is 34.0 Å². The lowest BCUT2D eigenvalue weighted by molar-refractivity contribution is -0.0298. The lowest BCUT2D eigenvalue weighted by atomic mass is 10.1. The van der Waals surface area contributed by atoms with Crippen molar-refractivity contribution >= 4 is 16.9 Å². The molecule has 142 valence electrons. The van der Waals surface area contributed by atoms with Gasteiger partial charge in [-0.2, -0.15) is 0 Å². The standard InChI is InChI=1S/C21H21N5O2/c1-13-8-9-16(28-13)20-24-18(14-5-4-6-15(22)11-14)19-21(25-20)26(12-23-19)17-7-2-3-10-27-17/h4-6,8-9,11-12,17H,2-3,7,10,22H2,1H3. The topological polar surface area (TPSA) is 92.0 Å². The summed E-state index contributed by atoms with van der Waals surface area (Å²) in [6.07, 6.45) is 4.89. The van der Waals surface area contributed by atoms with E-state index >= 15 is 0 Å². The van der Waals surface area contributed by atoms with E-state index in [-0.39, 0.29) is 6.23 Å². The Hall–Kier alpha value is -3.19. The normalized spacial score (nSPS) is 17.2. The van der Waals surface area contributed by atoms with Crippen molar-refractivity contribution in [3.8, 4) is 22.8 Å². The molecule has 1 aliphatic heterocycles. The maximum absolute atomic E-state index is 6.01. The molecule has 7 nitrogen and oxygen atoms in total. The van der Waals surface area contributed by atoms with Gasteiger partial charge in [-0.15, -0.1) is 0 Å². The molecule has 0 spiro atoms. The number of aromatic nitrogens is 4. The Morgan fingerprint density at radius 3 is 2.82 bits per heavy atom. The van der Waals surface area contributed by atoms with Gasteiger partial charge in [-0.3, -0.25) is 4.57 Å². The predicted octanol–water partition coefficient (Wildman–Crippen LogP) is 4.34. The quantitative estimate of drug-likeness (QED) is 0.536. The van der Waals surface area contributed by atoms with Gasteiger partial charge in [0.15, 0.2) is 17.2 Å². The molecule has 0 aliphatic carbocycles. The number of anilines is 1. The van der Waals surface area contributed by atoms with Gasteiger partial charge in [-0.25, -0.2) is 15.0 Å². The second-order valence-electron chi connectivity index (χ2n) is 7.08. The SMILES string of the molecule is Cc1ccc(-c2nc(-c3cccc(N)c3)c3ncn(C4CCCCO4)c3n2)o1. The molecule has 4 heterocycles. The number of nitrogens with zero attached hydrogens (tertiary/aromatic N) is 4. The first-order valence-electron chi connectivity index (χ1n) is 9.48. The lowest BCUT2D eigenvalue weighted by Gasteiger charge is -2.23. The van der Waals surface area contributed by atoms with Crippen molar-refractivity contribution in [3.05, 3.63) is 48.5 Å². The minimum Gasteiger partial charge on any atom is -0.458 e. The summed E-state index contributed by atoms with van der Waals surface area (Å²) in [6.45, 7) is 2.66. The Morgan fingerprint density at radius 1 is 1.14 bits per heavy atom. The summed E-state index contributed by atoms with van der Waals surface area (Å²) >= 11 is 0. The minimum absolute atomic E-state index is 0.0615. The third kappa shape index (κ3) is 2.93. The van der Waals surface area contributed by atoms with Crippen molar-refractivity contribution in [2.45, 2.75) is 32.4 Å². The summed E-state index contributed by atoms with van der Waals surface area (Å²) in [5.74, 6) is 1.96. The molecule has 7 heteroatoms. The van der Waals surface area contributed by atoms with Crippen LogP contribution >= 0.6 is 0 Å². The second-order valence-corrected chi connectivity index (χ2v) is 7.08. The molecule has 28 heavy (non-hydrogen) atoms. The Balaban J connectivity index is 1.74. The van der Waals surface area contributed by atoms with Gasteiger partial charge in [0.1, 0.15) is 23.2 Å². The van der Waals surface area contributed by atoms with E-state index < -0.39 is 0 Å². The van der Waals surface area contributed by atoms with Gasteiger partial charge in [0, 0.05) is 17.9 Å². The molecule has 3 aromatic heterocycles. The molecule has 1 aromatic carbocycles. The second kappa shape index (κ2) is 6.76. The van der Waals surface area contributed by atoms with Crippen molar-refractivity contribution in [3.63, 3.8) is 0 Å². The van der Waals surface area contributed by atoms with Gasteiger partial charge in [-0.1, -0.05) is 12.1 Å². The van der Waals surface area contributed by atoms with E-state index in [9.17, 15) is 0 Å². The summed E-state index contributed by atoms with van der Waals surface area (Å²) < 4.78 is 13.8. The zero-order chi connectivity index (χ0) is 19.1. The van der Waals surface area contributed by atoms with Gasteiger partial charge in [0.25, 0.3) is 0 Å². The maximum Gasteiger partial charge on any atom is 0.198 e. The van der Waals surface area contributed by atoms with Gasteiger partial charge >= 0.3 is 0 Å². The Morgan fingerprint density at radius 2 is 2.07 bits per heavy atom. The number of aryl methyl sites for hydroxylation is 1. The molecule has 0 amide bonds. The van der Waals surface area contributed by atoms with E-state index in [1.165, 1.54) is 0 Å². The molecule has 1 atom stereocenters. The largest absolute Gasteiger partial charge is 0.458 e. The molecule has 0 bridgehead atoms. The van der Waals surface area contributed by atoms with E-state index in [0.29, 0.717) is 17.3 Å². The van der Waals surface area contributed by atoms with Crippen LogP contribution in [0.2, 0.25) is 0 Å². The molecule has 1 saturated heterocycles. The summed E-state index contributed by atoms with van der Waals surface area (Å²) in [4.78, 5) is 14.2. The molecule has 2 N–H and O–H groups in total. The summed E-state index contributed by atoms with van der Waals surface area (Å²) in [5, 5.41) is 0. The van der Waals surface area contributed by atoms with Gasteiger partial charge in [0.05, 0.1) is 6.33 Å². The van der Waals surface area contributed by atoms with Crippen molar-refractivity contribution in [1.82, 2.24) is 19.5 Å². The lowest BCUT2D eigenvalue weighted by Crippen LogP contribution is -2.17. The third-order valence-corrected chi connectivity index (χ3v) is 5.01. The van der Waals surface area contributed by atoms with Crippen molar-refractivity contribution in [2.75, 3.05) is 12.3 Å². The number of nitrogens with two attached hydrogens (primary N) is 1. The number of nitrogen functional groups attached to an aromatic ring is 1. The van der Waals surface area contributed by atoms with E-state index in [2.05, 4.69) is 4.98 Å². The summed E-state index contributed by atoms with van der Waals surface area (Å²) in [5.41, 5.74) is 9.78. The first kappa shape index (κ1) is 16.9. The number of hydrogen-bond donors (Lipinski definition) is 1. The van der Waals surface area contributed by atoms with E-state index in [1.807, 2.05) is 47.9 Å². The number of furan rings is 1. The number of rotatable bonds is 3. The fourth-order valence-electron chi connectivity index (χ4n) is 3.62. The van der Waals surface area contributed by atoms with E-state index in [1.54, 1.807) is 6.33 Å². The zero-order valence-electron chi connectivity index (χ0n) is 15.6. The number of benzene rings is 1. The fourth-order valence-corrected chi connectivity index (χ4v) is 3.62. The number of hydrogen-bond acceptors (Lipinski definition) is 6. The van der Waals surface area contributed by atoms with E-state index in [0.717, 1.165) is 54.1 Å². The highest BCUT2D eigenvalue weighted by atomic mass is 16.5. The maximum atomic E-state index is 6.01. The van der Waals surface area contributed by atoms with Crippen LogP contribution in [0.1, 0.15) is 31.3 Å². The number of ether oxygens (including phenoxy) is 1. The summed E-state index contributed by atoms with van der Waals surface area (Å²) in [7, 11) is 0. The molecular weight excluding hydrogens is 354 g/mol. The van der Waals surface area contributed by atoms with Crippen LogP contribution in [0.3, 0.4) is 0 Å². The molecule has 1 unspecified atom stereocenters. The predicted molar refractivity (Wildman–Crippen MR) is 106 cm³/mol. The molecule has 0 radical (unpaired) electrons. The average Bonchev–Trinajstić information content (AvgIpc) is 3.34. The Bertz CT molecular complexity index is 1140. The van der Waals surface area contributed by atoms with Crippen LogP contribution in [0.5, 0.6) is 0 Å². The molecule has 4 aromatic rings. The molecule has 5 rings (SSSR count). The smallest absolute Gasteiger partial charge is 0.198 e. The van der Waals surface area contributed by atoms with E-state index in [4.69, 9.17) is 24.9 Å². The van der Waals surface area contributed by atoms with Gasteiger partial charge in [-0.05, 0) is 50.5 Å². The highest BCUT2D eigenvalue weighted by Crippen LogP contribution is 2.32. The fraction of sp³-hybridized carbons (Fsp3) is 0.286. The third-order valence-electron chi connectivity index (χ3n) is 5.01. The molecular formula is C21H21N5O2. The van der Waals surface area contributed by atoms with Gasteiger partial charge in [0.2, 0.25) is 0 Å². The number of fused-ring (bicyclic) bond motifs is 1. The Labute approximate surface area is 162 Å². The monoisotopic (exact) mass is 375 g/mol. The van der Waals surface area contributed by atoms with Crippen LogP contribution in [-0.4, -0.2) is 26.1 Å². The highest BCUT2D eigenvalue weighted by Gasteiger charge is 2.22. The molecule has 1 fully saturated rings. The van der Waals surface area contributed by atoms with Crippen LogP contribution in [-0.2, 0) is 4.74 Å². The van der Waals surface area contributed by atoms with Crippen LogP contribution in [0.4, 0.5) is 5.69 Å². The minimum atomic E-state index is -0.0615. The molecule has 0 saturated carbocycles.